The van der Waals surface area contributed by atoms with Gasteiger partial charge in [0.2, 0.25) is 15.9 Å². The molecule has 0 aliphatic heterocycles. The van der Waals surface area contributed by atoms with Crippen molar-refractivity contribution in [1.82, 2.24) is 9.29 Å². The summed E-state index contributed by atoms with van der Waals surface area (Å²) in [6, 6.07) is 14.7. The maximum Gasteiger partial charge on any atom is 0.243 e. The van der Waals surface area contributed by atoms with Crippen molar-refractivity contribution in [3.63, 3.8) is 0 Å². The van der Waals surface area contributed by atoms with Crippen molar-refractivity contribution in [1.29, 1.82) is 5.26 Å². The van der Waals surface area contributed by atoms with Gasteiger partial charge in [0.05, 0.1) is 34.3 Å². The summed E-state index contributed by atoms with van der Waals surface area (Å²) < 4.78 is 26.2. The second-order valence-electron chi connectivity index (χ2n) is 6.28. The van der Waals surface area contributed by atoms with Crippen molar-refractivity contribution >= 4 is 32.5 Å². The van der Waals surface area contributed by atoms with Crippen molar-refractivity contribution in [2.75, 3.05) is 18.9 Å². The van der Waals surface area contributed by atoms with Crippen molar-refractivity contribution < 1.29 is 13.2 Å². The molecule has 0 unspecified atom stereocenters. The number of anilines is 1. The molecule has 0 atom stereocenters. The van der Waals surface area contributed by atoms with Gasteiger partial charge in [-0.3, -0.25) is 9.78 Å². The fourth-order valence-corrected chi connectivity index (χ4v) is 3.91. The molecule has 0 bridgehead atoms. The molecule has 3 rings (SSSR count). The molecule has 0 saturated carbocycles. The van der Waals surface area contributed by atoms with E-state index in [2.05, 4.69) is 10.3 Å². The molecule has 8 heteroatoms. The molecule has 1 heterocycles. The van der Waals surface area contributed by atoms with Crippen molar-refractivity contribution in [3.05, 3.63) is 65.9 Å². The van der Waals surface area contributed by atoms with Gasteiger partial charge in [-0.1, -0.05) is 6.07 Å². The lowest BCUT2D eigenvalue weighted by Crippen LogP contribution is -2.35. The van der Waals surface area contributed by atoms with E-state index in [-0.39, 0.29) is 11.4 Å². The van der Waals surface area contributed by atoms with Crippen LogP contribution in [0.1, 0.15) is 11.1 Å². The second-order valence-corrected chi connectivity index (χ2v) is 8.32. The molecule has 7 nitrogen and oxygen atoms in total. The van der Waals surface area contributed by atoms with Crippen LogP contribution in [0.15, 0.2) is 59.6 Å². The highest BCUT2D eigenvalue weighted by Crippen LogP contribution is 2.24. The zero-order chi connectivity index (χ0) is 20.3. The maximum atomic E-state index is 12.6. The third-order valence-electron chi connectivity index (χ3n) is 4.30. The van der Waals surface area contributed by atoms with Gasteiger partial charge in [-0.25, -0.2) is 8.42 Å². The highest BCUT2D eigenvalue weighted by atomic mass is 32.2. The van der Waals surface area contributed by atoms with E-state index in [1.54, 1.807) is 18.3 Å². The number of benzene rings is 2. The summed E-state index contributed by atoms with van der Waals surface area (Å²) in [4.78, 5) is 16.8. The standard InChI is InChI=1S/C20H18N4O3S/c1-14-5-10-18(17-4-3-11-22-20(14)17)23-19(25)13-24(2)28(26,27)16-8-6-15(12-21)7-9-16/h3-11H,13H2,1-2H3,(H,23,25). The number of nitriles is 1. The minimum atomic E-state index is -3.85. The Morgan fingerprint density at radius 1 is 1.18 bits per heavy atom. The normalized spacial score (nSPS) is 11.4. The first kappa shape index (κ1) is 19.5. The summed E-state index contributed by atoms with van der Waals surface area (Å²) in [5.41, 5.74) is 2.69. The van der Waals surface area contributed by atoms with Gasteiger partial charge in [0.15, 0.2) is 0 Å². The Balaban J connectivity index is 1.77. The lowest BCUT2D eigenvalue weighted by Gasteiger charge is -2.17. The molecule has 1 amide bonds. The van der Waals surface area contributed by atoms with Crippen LogP contribution in [-0.2, 0) is 14.8 Å². The number of amides is 1. The zero-order valence-electron chi connectivity index (χ0n) is 15.4. The first-order chi connectivity index (χ1) is 13.3. The largest absolute Gasteiger partial charge is 0.324 e. The molecular formula is C20H18N4O3S. The molecule has 0 saturated heterocycles. The summed E-state index contributed by atoms with van der Waals surface area (Å²) in [6.45, 7) is 1.58. The topological polar surface area (TPSA) is 103 Å². The molecule has 1 aromatic heterocycles. The Morgan fingerprint density at radius 3 is 2.57 bits per heavy atom. The summed E-state index contributed by atoms with van der Waals surface area (Å²) in [7, 11) is -2.51. The number of hydrogen-bond acceptors (Lipinski definition) is 5. The lowest BCUT2D eigenvalue weighted by molar-refractivity contribution is -0.116. The molecule has 3 aromatic rings. The van der Waals surface area contributed by atoms with Gasteiger partial charge in [0, 0.05) is 18.6 Å². The van der Waals surface area contributed by atoms with Crippen molar-refractivity contribution in [2.45, 2.75) is 11.8 Å². The monoisotopic (exact) mass is 394 g/mol. The van der Waals surface area contributed by atoms with E-state index in [0.29, 0.717) is 11.3 Å². The Morgan fingerprint density at radius 2 is 1.89 bits per heavy atom. The minimum absolute atomic E-state index is 0.0202. The number of rotatable bonds is 5. The quantitative estimate of drug-likeness (QED) is 0.717. The van der Waals surface area contributed by atoms with Crippen LogP contribution in [0.3, 0.4) is 0 Å². The van der Waals surface area contributed by atoms with Crippen LogP contribution in [0, 0.1) is 18.3 Å². The highest BCUT2D eigenvalue weighted by molar-refractivity contribution is 7.89. The van der Waals surface area contributed by atoms with Crippen molar-refractivity contribution in [2.24, 2.45) is 0 Å². The van der Waals surface area contributed by atoms with Crippen LogP contribution in [0.2, 0.25) is 0 Å². The predicted molar refractivity (Wildman–Crippen MR) is 106 cm³/mol. The van der Waals surface area contributed by atoms with Crippen LogP contribution >= 0.6 is 0 Å². The number of sulfonamides is 1. The third kappa shape index (κ3) is 3.86. The molecule has 0 radical (unpaired) electrons. The summed E-state index contributed by atoms with van der Waals surface area (Å²) >= 11 is 0. The first-order valence-corrected chi connectivity index (χ1v) is 9.87. The van der Waals surface area contributed by atoms with Gasteiger partial charge in [0.25, 0.3) is 0 Å². The SMILES string of the molecule is Cc1ccc(NC(=O)CN(C)S(=O)(=O)c2ccc(C#N)cc2)c2cccnc12. The highest BCUT2D eigenvalue weighted by Gasteiger charge is 2.23. The maximum absolute atomic E-state index is 12.6. The van der Waals surface area contributed by atoms with E-state index < -0.39 is 15.9 Å². The second kappa shape index (κ2) is 7.76. The molecular weight excluding hydrogens is 376 g/mol. The van der Waals surface area contributed by atoms with Crippen LogP contribution < -0.4 is 5.32 Å². The van der Waals surface area contributed by atoms with E-state index in [9.17, 15) is 13.2 Å². The molecule has 0 spiro atoms. The average molecular weight is 394 g/mol. The number of nitrogens with zero attached hydrogens (tertiary/aromatic N) is 3. The number of carbonyl (C=O) groups is 1. The number of nitrogens with one attached hydrogen (secondary N) is 1. The molecule has 0 aliphatic carbocycles. The number of aryl methyl sites for hydroxylation is 1. The molecule has 0 aliphatic rings. The van der Waals surface area contributed by atoms with E-state index in [4.69, 9.17) is 5.26 Å². The Labute approximate surface area is 163 Å². The van der Waals surface area contributed by atoms with Gasteiger partial charge < -0.3 is 5.32 Å². The fraction of sp³-hybridized carbons (Fsp3) is 0.150. The smallest absolute Gasteiger partial charge is 0.243 e. The van der Waals surface area contributed by atoms with E-state index in [0.717, 1.165) is 20.8 Å². The first-order valence-electron chi connectivity index (χ1n) is 8.43. The Kier molecular flexibility index (Phi) is 5.40. The third-order valence-corrected chi connectivity index (χ3v) is 6.12. The van der Waals surface area contributed by atoms with Crippen molar-refractivity contribution in [3.8, 4) is 6.07 Å². The minimum Gasteiger partial charge on any atom is -0.324 e. The van der Waals surface area contributed by atoms with Gasteiger partial charge in [0.1, 0.15) is 0 Å². The predicted octanol–water partition coefficient (Wildman–Crippen LogP) is 2.67. The summed E-state index contributed by atoms with van der Waals surface area (Å²) in [5, 5.41) is 12.4. The Hall–Kier alpha value is -3.28. The Bertz CT molecular complexity index is 1180. The van der Waals surface area contributed by atoms with E-state index >= 15 is 0 Å². The average Bonchev–Trinajstić information content (AvgIpc) is 2.70. The number of likely N-dealkylation sites (N-methyl/N-ethyl adjacent to an activating group) is 1. The van der Waals surface area contributed by atoms with E-state index in [1.165, 1.54) is 31.3 Å². The number of aromatic nitrogens is 1. The van der Waals surface area contributed by atoms with Gasteiger partial charge in [-0.2, -0.15) is 9.57 Å². The fourth-order valence-electron chi connectivity index (χ4n) is 2.78. The number of hydrogen-bond donors (Lipinski definition) is 1. The van der Waals surface area contributed by atoms with E-state index in [1.807, 2.05) is 25.1 Å². The summed E-state index contributed by atoms with van der Waals surface area (Å²) in [6.07, 6.45) is 1.68. The van der Waals surface area contributed by atoms with Crippen LogP contribution in [0.5, 0.6) is 0 Å². The molecule has 28 heavy (non-hydrogen) atoms. The zero-order valence-corrected chi connectivity index (χ0v) is 16.2. The number of pyridine rings is 1. The number of carbonyl (C=O) groups excluding carboxylic acids is 1. The van der Waals surface area contributed by atoms with Gasteiger partial charge in [-0.05, 0) is 55.0 Å². The molecule has 2 aromatic carbocycles. The molecule has 142 valence electrons. The lowest BCUT2D eigenvalue weighted by atomic mass is 10.1. The number of fused-ring (bicyclic) bond motifs is 1. The van der Waals surface area contributed by atoms with Gasteiger partial charge >= 0.3 is 0 Å². The molecule has 1 N–H and O–H groups in total. The van der Waals surface area contributed by atoms with Crippen LogP contribution in [-0.4, -0.2) is 37.2 Å². The molecule has 0 fully saturated rings. The van der Waals surface area contributed by atoms with Gasteiger partial charge in [-0.15, -0.1) is 0 Å². The summed E-state index contributed by atoms with van der Waals surface area (Å²) in [5.74, 6) is -0.464. The van der Waals surface area contributed by atoms with Crippen LogP contribution in [0.4, 0.5) is 5.69 Å². The van der Waals surface area contributed by atoms with Crippen LogP contribution in [0.25, 0.3) is 10.9 Å².